The first kappa shape index (κ1) is 71.7. The molecule has 0 unspecified atom stereocenters. The van der Waals surface area contributed by atoms with Gasteiger partial charge in [0.2, 0.25) is 11.8 Å². The van der Waals surface area contributed by atoms with Crippen molar-refractivity contribution in [2.24, 2.45) is 0 Å². The molecule has 9 aromatic heterocycles. The highest BCUT2D eigenvalue weighted by atomic mass is 32.1. The molecule has 0 aliphatic heterocycles. The maximum absolute atomic E-state index is 6.59. The molecule has 0 atom stereocenters. The summed E-state index contributed by atoms with van der Waals surface area (Å²) in [6.45, 7) is 0. The molecule has 0 amide bonds. The molecular weight excluding hydrogens is 1530 g/mol. The van der Waals surface area contributed by atoms with Gasteiger partial charge in [-0.2, -0.15) is 0 Å². The van der Waals surface area contributed by atoms with E-state index in [4.69, 9.17) is 22.8 Å². The fourth-order valence-electron chi connectivity index (χ4n) is 17.2. The number of aromatic nitrogens is 10. The second-order valence-corrected chi connectivity index (χ2v) is 31.2. The van der Waals surface area contributed by atoms with Gasteiger partial charge in [-0.15, -0.1) is 30.6 Å². The van der Waals surface area contributed by atoms with E-state index in [0.29, 0.717) is 11.8 Å². The molecule has 580 valence electrons. The first-order chi connectivity index (χ1) is 61.0. The minimum atomic E-state index is 0.484. The van der Waals surface area contributed by atoms with E-state index in [0.717, 1.165) is 205 Å². The van der Waals surface area contributed by atoms with Gasteiger partial charge in [-0.1, -0.05) is 284 Å². The molecular formula is C108H68N10O4S. The van der Waals surface area contributed by atoms with Crippen LogP contribution in [0.2, 0.25) is 0 Å². The van der Waals surface area contributed by atoms with Crippen LogP contribution >= 0.6 is 11.3 Å². The summed E-state index contributed by atoms with van der Waals surface area (Å²) in [6.07, 6.45) is 0. The summed E-state index contributed by atoms with van der Waals surface area (Å²) in [4.78, 5) is 0. The molecule has 25 rings (SSSR count). The van der Waals surface area contributed by atoms with Gasteiger partial charge in [0.25, 0.3) is 0 Å². The van der Waals surface area contributed by atoms with Crippen LogP contribution in [-0.4, -0.2) is 48.9 Å². The van der Waals surface area contributed by atoms with Gasteiger partial charge in [0.15, 0.2) is 11.6 Å². The van der Waals surface area contributed by atoms with E-state index in [2.05, 4.69) is 305 Å². The SMILES string of the molecule is c1ccc(-c2cc3ccc4c(c5ccccc5n4-c4cccc(-c5nnc(-c6ccccc6)n5-c5ccccc5)c4)c3o2)cc1.c1ccc(-c2cc3ccc4c(c5ccccc5n4-c4cccc(-c5nnc(-c6ccccc6)o5)c4)c3o2)cc1.c1ccc(-c2cc3ccc4c(c5ccccc5n4-c4cccc(-c5nnc(-c6ccccc6)s5)c4)c3o2)cc1. The van der Waals surface area contributed by atoms with Crippen LogP contribution < -0.4 is 0 Å². The summed E-state index contributed by atoms with van der Waals surface area (Å²) in [5, 5.41) is 38.9. The Morgan fingerprint density at radius 3 is 0.935 bits per heavy atom. The molecule has 123 heavy (non-hydrogen) atoms. The molecule has 0 saturated heterocycles. The van der Waals surface area contributed by atoms with Crippen LogP contribution in [0.25, 0.3) is 222 Å². The van der Waals surface area contributed by atoms with Gasteiger partial charge < -0.3 is 31.4 Å². The van der Waals surface area contributed by atoms with Crippen molar-refractivity contribution < 1.29 is 17.7 Å². The monoisotopic (exact) mass is 1600 g/mol. The van der Waals surface area contributed by atoms with Crippen molar-refractivity contribution in [3.8, 4) is 124 Å². The van der Waals surface area contributed by atoms with Crippen molar-refractivity contribution >= 4 is 110 Å². The van der Waals surface area contributed by atoms with E-state index >= 15 is 0 Å². The smallest absolute Gasteiger partial charge is 0.248 e. The zero-order valence-electron chi connectivity index (χ0n) is 65.8. The predicted molar refractivity (Wildman–Crippen MR) is 497 cm³/mol. The standard InChI is InChI=1S/C40H26N4O.C34H21N3O2.C34H21N3OS/c1-4-13-27(14-5-1)36-26-29-23-24-35-37(38(29)45-36)33-21-10-11-22-34(33)43(35)32-20-12-17-30(25-32)40-42-41-39(28-15-6-2-7-16-28)44(40)31-18-8-3-9-19-31;2*1-3-10-22(11-4-1)30-21-24-18-19-29-31(32(24)38-30)27-16-7-8-17-28(27)37(29)26-15-9-14-25(20-26)34-36-35-33(39-34)23-12-5-2-6-13-23/h1-26H;2*1-21H. The number of rotatable bonds is 13. The highest BCUT2D eigenvalue weighted by Crippen LogP contribution is 2.46. The van der Waals surface area contributed by atoms with Crippen LogP contribution in [0.4, 0.5) is 0 Å². The first-order valence-electron chi connectivity index (χ1n) is 40.7. The van der Waals surface area contributed by atoms with Crippen molar-refractivity contribution in [2.75, 3.05) is 0 Å². The van der Waals surface area contributed by atoms with Gasteiger partial charge in [-0.05, 0) is 140 Å². The number of para-hydroxylation sites is 4. The van der Waals surface area contributed by atoms with Crippen molar-refractivity contribution in [1.82, 2.24) is 48.9 Å². The summed E-state index contributed by atoms with van der Waals surface area (Å²) in [5.41, 5.74) is 22.5. The third kappa shape index (κ3) is 12.8. The zero-order chi connectivity index (χ0) is 81.3. The molecule has 0 radical (unpaired) electrons. The maximum Gasteiger partial charge on any atom is 0.248 e. The van der Waals surface area contributed by atoms with Gasteiger partial charge in [-0.25, -0.2) is 0 Å². The summed E-state index contributed by atoms with van der Waals surface area (Å²) in [7, 11) is 0. The Morgan fingerprint density at radius 1 is 0.195 bits per heavy atom. The van der Waals surface area contributed by atoms with Crippen LogP contribution in [-0.2, 0) is 0 Å². The first-order valence-corrected chi connectivity index (χ1v) is 41.5. The average molecular weight is 1600 g/mol. The Kier molecular flexibility index (Phi) is 17.7. The number of furan rings is 3. The van der Waals surface area contributed by atoms with Crippen molar-refractivity contribution in [2.45, 2.75) is 0 Å². The van der Waals surface area contributed by atoms with E-state index in [1.165, 1.54) is 5.39 Å². The molecule has 16 aromatic carbocycles. The molecule has 0 aliphatic rings. The molecule has 14 nitrogen and oxygen atoms in total. The van der Waals surface area contributed by atoms with Crippen LogP contribution in [0.5, 0.6) is 0 Å². The van der Waals surface area contributed by atoms with Crippen molar-refractivity contribution in [3.63, 3.8) is 0 Å². The zero-order valence-corrected chi connectivity index (χ0v) is 66.6. The molecule has 0 bridgehead atoms. The van der Waals surface area contributed by atoms with E-state index in [-0.39, 0.29) is 0 Å². The Morgan fingerprint density at radius 2 is 0.504 bits per heavy atom. The second kappa shape index (κ2) is 30.4. The Bertz CT molecular complexity index is 7940. The lowest BCUT2D eigenvalue weighted by molar-refractivity contribution is 0.584. The van der Waals surface area contributed by atoms with Crippen molar-refractivity contribution in [3.05, 3.63) is 413 Å². The van der Waals surface area contributed by atoms with Gasteiger partial charge in [0.05, 0.1) is 49.3 Å². The van der Waals surface area contributed by atoms with E-state index in [1.54, 1.807) is 11.3 Å². The van der Waals surface area contributed by atoms with Gasteiger partial charge in [0.1, 0.15) is 44.0 Å². The van der Waals surface area contributed by atoms with Crippen LogP contribution in [0.3, 0.4) is 0 Å². The summed E-state index contributed by atoms with van der Waals surface area (Å²) < 4.78 is 34.7. The lowest BCUT2D eigenvalue weighted by Crippen LogP contribution is -2.01. The summed E-state index contributed by atoms with van der Waals surface area (Å²) >= 11 is 1.61. The molecule has 9 heterocycles. The minimum Gasteiger partial charge on any atom is -0.455 e. The van der Waals surface area contributed by atoms with Gasteiger partial charge >= 0.3 is 0 Å². The Labute approximate surface area is 707 Å². The number of fused-ring (bicyclic) bond motifs is 15. The van der Waals surface area contributed by atoms with Crippen molar-refractivity contribution in [1.29, 1.82) is 0 Å². The quantitative estimate of drug-likeness (QED) is 0.109. The van der Waals surface area contributed by atoms with E-state index in [9.17, 15) is 0 Å². The molecule has 15 heteroatoms. The molecule has 25 aromatic rings. The normalized spacial score (nSPS) is 11.6. The second-order valence-electron chi connectivity index (χ2n) is 30.2. The lowest BCUT2D eigenvalue weighted by atomic mass is 10.1. The van der Waals surface area contributed by atoms with Gasteiger partial charge in [0, 0.05) is 105 Å². The third-order valence-corrected chi connectivity index (χ3v) is 23.8. The number of hydrogen-bond donors (Lipinski definition) is 0. The number of benzene rings is 16. The molecule has 0 aliphatic carbocycles. The molecule has 0 spiro atoms. The minimum absolute atomic E-state index is 0.484. The van der Waals surface area contributed by atoms with Crippen LogP contribution in [0.15, 0.2) is 430 Å². The summed E-state index contributed by atoms with van der Waals surface area (Å²) in [5.74, 6) is 5.17. The van der Waals surface area contributed by atoms with E-state index in [1.807, 2.05) is 152 Å². The highest BCUT2D eigenvalue weighted by Gasteiger charge is 2.25. The third-order valence-electron chi connectivity index (χ3n) is 22.8. The molecule has 0 N–H and O–H groups in total. The topological polar surface area (TPSA) is 150 Å². The molecule has 0 saturated carbocycles. The number of hydrogen-bond acceptors (Lipinski definition) is 11. The molecule has 0 fully saturated rings. The lowest BCUT2D eigenvalue weighted by Gasteiger charge is -2.13. The number of nitrogens with zero attached hydrogens (tertiary/aromatic N) is 10. The maximum atomic E-state index is 6.59. The Hall–Kier alpha value is -16.6. The Balaban J connectivity index is 0.000000107. The fraction of sp³-hybridized carbons (Fsp3) is 0. The fourth-order valence-corrected chi connectivity index (χ4v) is 18.0. The van der Waals surface area contributed by atoms with E-state index < -0.39 is 0 Å². The highest BCUT2D eigenvalue weighted by molar-refractivity contribution is 7.17. The van der Waals surface area contributed by atoms with Crippen LogP contribution in [0, 0.1) is 0 Å². The predicted octanol–water partition coefficient (Wildman–Crippen LogP) is 28.4. The average Bonchev–Trinajstić information content (AvgIpc) is 1.58. The van der Waals surface area contributed by atoms with Gasteiger partial charge in [-0.3, -0.25) is 4.57 Å². The largest absolute Gasteiger partial charge is 0.455 e. The van der Waals surface area contributed by atoms with Crippen LogP contribution in [0.1, 0.15) is 0 Å². The summed E-state index contributed by atoms with van der Waals surface area (Å²) in [6, 6.07) is 142.